The zero-order valence-electron chi connectivity index (χ0n) is 17.9. The summed E-state index contributed by atoms with van der Waals surface area (Å²) in [5.41, 5.74) is 3.49. The first-order valence-electron chi connectivity index (χ1n) is 10.2. The fourth-order valence-corrected chi connectivity index (χ4v) is 6.30. The van der Waals surface area contributed by atoms with Crippen molar-refractivity contribution in [3.05, 3.63) is 63.7 Å². The molecule has 1 saturated heterocycles. The second-order valence-electron chi connectivity index (χ2n) is 8.21. The van der Waals surface area contributed by atoms with E-state index >= 15 is 0 Å². The maximum Gasteiger partial charge on any atom is 0.243 e. The summed E-state index contributed by atoms with van der Waals surface area (Å²) in [5.74, 6) is -0.482. The van der Waals surface area contributed by atoms with Crippen LogP contribution in [0.15, 0.2) is 41.3 Å². The van der Waals surface area contributed by atoms with Gasteiger partial charge in [-0.3, -0.25) is 4.79 Å². The number of carbonyl (C=O) groups is 1. The van der Waals surface area contributed by atoms with E-state index in [4.69, 9.17) is 11.6 Å². The number of carbonyl (C=O) groups excluding carboxylic acids is 1. The number of amides is 1. The van der Waals surface area contributed by atoms with Gasteiger partial charge >= 0.3 is 0 Å². The van der Waals surface area contributed by atoms with Crippen LogP contribution in [0.25, 0.3) is 0 Å². The van der Waals surface area contributed by atoms with Crippen LogP contribution in [-0.4, -0.2) is 31.7 Å². The van der Waals surface area contributed by atoms with Gasteiger partial charge in [-0.15, -0.1) is 0 Å². The molecular formula is C23H29ClN2O3S. The van der Waals surface area contributed by atoms with Crippen molar-refractivity contribution in [1.82, 2.24) is 9.62 Å². The van der Waals surface area contributed by atoms with Crippen molar-refractivity contribution in [3.8, 4) is 0 Å². The van der Waals surface area contributed by atoms with Crippen LogP contribution in [0.1, 0.15) is 48.1 Å². The quantitative estimate of drug-likeness (QED) is 0.729. The Hall–Kier alpha value is -1.89. The zero-order valence-corrected chi connectivity index (χ0v) is 19.5. The summed E-state index contributed by atoms with van der Waals surface area (Å²) in [4.78, 5) is 13.2. The fourth-order valence-electron chi connectivity index (χ4n) is 4.24. The molecular weight excluding hydrogens is 420 g/mol. The van der Waals surface area contributed by atoms with E-state index in [9.17, 15) is 13.2 Å². The third-order valence-corrected chi connectivity index (χ3v) is 8.11. The Morgan fingerprint density at radius 1 is 1.13 bits per heavy atom. The highest BCUT2D eigenvalue weighted by Gasteiger charge is 2.35. The van der Waals surface area contributed by atoms with E-state index in [-0.39, 0.29) is 24.4 Å². The largest absolute Gasteiger partial charge is 0.349 e. The van der Waals surface area contributed by atoms with Crippen molar-refractivity contribution in [3.63, 3.8) is 0 Å². The molecule has 7 heteroatoms. The van der Waals surface area contributed by atoms with E-state index in [1.165, 1.54) is 4.31 Å². The average molecular weight is 449 g/mol. The molecule has 1 fully saturated rings. The number of hydrogen-bond acceptors (Lipinski definition) is 3. The Labute approximate surface area is 184 Å². The summed E-state index contributed by atoms with van der Waals surface area (Å²) in [7, 11) is -3.65. The summed E-state index contributed by atoms with van der Waals surface area (Å²) in [6.45, 7) is 8.17. The van der Waals surface area contributed by atoms with Gasteiger partial charge < -0.3 is 5.32 Å². The Morgan fingerprint density at radius 3 is 2.33 bits per heavy atom. The summed E-state index contributed by atoms with van der Waals surface area (Å²) in [6, 6.07) is 11.0. The molecule has 0 bridgehead atoms. The second-order valence-corrected chi connectivity index (χ2v) is 10.5. The van der Waals surface area contributed by atoms with Crippen molar-refractivity contribution >= 4 is 27.5 Å². The van der Waals surface area contributed by atoms with Gasteiger partial charge in [-0.05, 0) is 69.4 Å². The van der Waals surface area contributed by atoms with Crippen molar-refractivity contribution in [1.29, 1.82) is 0 Å². The molecule has 0 unspecified atom stereocenters. The molecule has 1 aliphatic heterocycles. The molecule has 30 heavy (non-hydrogen) atoms. The molecule has 2 atom stereocenters. The lowest BCUT2D eigenvalue weighted by Gasteiger charge is -2.32. The number of nitrogens with one attached hydrogen (secondary N) is 1. The number of rotatable bonds is 5. The van der Waals surface area contributed by atoms with E-state index < -0.39 is 10.0 Å². The lowest BCUT2D eigenvalue weighted by molar-refractivity contribution is -0.126. The maximum atomic E-state index is 13.4. The Kier molecular flexibility index (Phi) is 6.90. The normalized spacial score (nSPS) is 18.8. The average Bonchev–Trinajstić information content (AvgIpc) is 2.67. The van der Waals surface area contributed by atoms with Crippen molar-refractivity contribution < 1.29 is 13.2 Å². The Balaban J connectivity index is 1.74. The smallest absolute Gasteiger partial charge is 0.243 e. The molecule has 0 aromatic heterocycles. The molecule has 3 rings (SSSR count). The highest BCUT2D eigenvalue weighted by Crippen LogP contribution is 2.29. The van der Waals surface area contributed by atoms with Crippen LogP contribution in [0.2, 0.25) is 5.02 Å². The lowest BCUT2D eigenvalue weighted by atomic mass is 9.98. The van der Waals surface area contributed by atoms with Crippen LogP contribution in [0.4, 0.5) is 0 Å². The van der Waals surface area contributed by atoms with Gasteiger partial charge in [-0.1, -0.05) is 41.4 Å². The monoisotopic (exact) mass is 448 g/mol. The molecule has 1 amide bonds. The van der Waals surface area contributed by atoms with Crippen molar-refractivity contribution in [2.75, 3.05) is 13.1 Å². The van der Waals surface area contributed by atoms with Crippen LogP contribution in [0, 0.1) is 26.7 Å². The van der Waals surface area contributed by atoms with E-state index in [2.05, 4.69) is 5.32 Å². The minimum absolute atomic E-state index is 0.116. The molecule has 2 aromatic carbocycles. The lowest BCUT2D eigenvalue weighted by Crippen LogP contribution is -2.46. The van der Waals surface area contributed by atoms with Crippen LogP contribution in [0.3, 0.4) is 0 Å². The highest BCUT2D eigenvalue weighted by atomic mass is 35.5. The topological polar surface area (TPSA) is 66.5 Å². The number of benzene rings is 2. The van der Waals surface area contributed by atoms with E-state index in [0.717, 1.165) is 22.3 Å². The first-order chi connectivity index (χ1) is 14.1. The molecule has 162 valence electrons. The number of sulfonamides is 1. The summed E-state index contributed by atoms with van der Waals surface area (Å²) in [6.07, 6.45) is 1.34. The first-order valence-corrected chi connectivity index (χ1v) is 12.0. The molecule has 0 spiro atoms. The predicted molar refractivity (Wildman–Crippen MR) is 120 cm³/mol. The van der Waals surface area contributed by atoms with Gasteiger partial charge in [-0.25, -0.2) is 8.42 Å². The number of piperidine rings is 1. The summed E-state index contributed by atoms with van der Waals surface area (Å²) >= 11 is 5.93. The number of halogens is 1. The minimum Gasteiger partial charge on any atom is -0.349 e. The fraction of sp³-hybridized carbons (Fsp3) is 0.435. The van der Waals surface area contributed by atoms with Crippen molar-refractivity contribution in [2.24, 2.45) is 5.92 Å². The SMILES string of the molecule is Cc1cc(C)c(S(=O)(=O)N2CCC[C@H](C(=O)N[C@@H](C)c3ccc(Cl)cc3)C2)c(C)c1. The van der Waals surface area contributed by atoms with Crippen LogP contribution in [-0.2, 0) is 14.8 Å². The summed E-state index contributed by atoms with van der Waals surface area (Å²) in [5, 5.41) is 3.67. The molecule has 5 nitrogen and oxygen atoms in total. The third kappa shape index (κ3) is 4.88. The van der Waals surface area contributed by atoms with E-state index in [0.29, 0.717) is 29.3 Å². The second kappa shape index (κ2) is 9.08. The molecule has 0 aliphatic carbocycles. The van der Waals surface area contributed by atoms with Gasteiger partial charge in [-0.2, -0.15) is 4.31 Å². The molecule has 1 heterocycles. The maximum absolute atomic E-state index is 13.4. The molecule has 1 N–H and O–H groups in total. The molecule has 1 aliphatic rings. The standard InChI is InChI=1S/C23H29ClN2O3S/c1-15-12-16(2)22(17(3)13-15)30(28,29)26-11-5-6-20(14-26)23(27)25-18(4)19-7-9-21(24)10-8-19/h7-10,12-13,18,20H,5-6,11,14H2,1-4H3,(H,25,27)/t18-,20-/m0/s1. The van der Waals surface area contributed by atoms with Crippen molar-refractivity contribution in [2.45, 2.75) is 51.5 Å². The van der Waals surface area contributed by atoms with Gasteiger partial charge in [0, 0.05) is 18.1 Å². The van der Waals surface area contributed by atoms with Gasteiger partial charge in [0.25, 0.3) is 0 Å². The zero-order chi connectivity index (χ0) is 22.1. The van der Waals surface area contributed by atoms with Gasteiger partial charge in [0.2, 0.25) is 15.9 Å². The summed E-state index contributed by atoms with van der Waals surface area (Å²) < 4.78 is 28.2. The highest BCUT2D eigenvalue weighted by molar-refractivity contribution is 7.89. The predicted octanol–water partition coefficient (Wildman–Crippen LogP) is 4.54. The molecule has 0 radical (unpaired) electrons. The Morgan fingerprint density at radius 2 is 1.73 bits per heavy atom. The number of aryl methyl sites for hydroxylation is 3. The van der Waals surface area contributed by atoms with Crippen LogP contribution in [0.5, 0.6) is 0 Å². The van der Waals surface area contributed by atoms with E-state index in [1.54, 1.807) is 12.1 Å². The van der Waals surface area contributed by atoms with E-state index in [1.807, 2.05) is 52.0 Å². The number of nitrogens with zero attached hydrogens (tertiary/aromatic N) is 1. The number of hydrogen-bond donors (Lipinski definition) is 1. The Bertz CT molecular complexity index is 1010. The molecule has 0 saturated carbocycles. The van der Waals surface area contributed by atoms with Gasteiger partial charge in [0.05, 0.1) is 16.9 Å². The van der Waals surface area contributed by atoms with Gasteiger partial charge in [0.1, 0.15) is 0 Å². The minimum atomic E-state index is -3.65. The first kappa shape index (κ1) is 22.8. The van der Waals surface area contributed by atoms with Crippen LogP contribution >= 0.6 is 11.6 Å². The van der Waals surface area contributed by atoms with Crippen LogP contribution < -0.4 is 5.32 Å². The third-order valence-electron chi connectivity index (χ3n) is 5.69. The molecule has 2 aromatic rings. The van der Waals surface area contributed by atoms with Gasteiger partial charge in [0.15, 0.2) is 0 Å².